The number of methoxy groups -OCH3 is 1. The molecule has 1 saturated heterocycles. The summed E-state index contributed by atoms with van der Waals surface area (Å²) in [4.78, 5) is 25.2. The number of hydroxylamine groups is 1. The van der Waals surface area contributed by atoms with Crippen molar-refractivity contribution in [2.45, 2.75) is 18.6 Å². The number of amidine groups is 1. The van der Waals surface area contributed by atoms with Crippen LogP contribution in [0, 0.1) is 0 Å². The number of nitrogens with one attached hydrogen (secondary N) is 1. The van der Waals surface area contributed by atoms with Gasteiger partial charge in [-0.2, -0.15) is 0 Å². The monoisotopic (exact) mass is 429 g/mol. The number of aliphatic imine (C=N–C) groups is 1. The van der Waals surface area contributed by atoms with E-state index in [1.54, 1.807) is 13.2 Å². The fourth-order valence-electron chi connectivity index (χ4n) is 3.36. The lowest BCUT2D eigenvalue weighted by Gasteiger charge is -2.35. The Bertz CT molecular complexity index is 892. The zero-order chi connectivity index (χ0) is 18.9. The van der Waals surface area contributed by atoms with Crippen LogP contribution < -0.4 is 10.2 Å². The van der Waals surface area contributed by atoms with Gasteiger partial charge in [0, 0.05) is 41.5 Å². The summed E-state index contributed by atoms with van der Waals surface area (Å²) in [6.45, 7) is 1.18. The Hall–Kier alpha value is -2.38. The van der Waals surface area contributed by atoms with E-state index < -0.39 is 5.72 Å². The molecule has 1 amide bonds. The van der Waals surface area contributed by atoms with Gasteiger partial charge < -0.3 is 9.64 Å². The van der Waals surface area contributed by atoms with Gasteiger partial charge in [0.15, 0.2) is 11.6 Å². The summed E-state index contributed by atoms with van der Waals surface area (Å²) >= 11 is 3.48. The van der Waals surface area contributed by atoms with Crippen molar-refractivity contribution in [3.8, 4) is 5.75 Å². The van der Waals surface area contributed by atoms with Gasteiger partial charge in [0.25, 0.3) is 5.91 Å². The highest BCUT2D eigenvalue weighted by atomic mass is 79.9. The van der Waals surface area contributed by atoms with E-state index in [0.717, 1.165) is 15.9 Å². The number of amides is 1. The fourth-order valence-corrected chi connectivity index (χ4v) is 3.76. The van der Waals surface area contributed by atoms with Crippen molar-refractivity contribution < 1.29 is 14.4 Å². The number of halogens is 1. The van der Waals surface area contributed by atoms with Gasteiger partial charge in [-0.15, -0.1) is 0 Å². The van der Waals surface area contributed by atoms with Gasteiger partial charge in [-0.3, -0.25) is 4.79 Å². The van der Waals surface area contributed by atoms with E-state index in [0.29, 0.717) is 37.2 Å². The van der Waals surface area contributed by atoms with E-state index >= 15 is 0 Å². The van der Waals surface area contributed by atoms with Crippen molar-refractivity contribution in [2.75, 3.05) is 20.2 Å². The minimum absolute atomic E-state index is 0.00546. The molecule has 1 spiro atoms. The summed E-state index contributed by atoms with van der Waals surface area (Å²) in [6.07, 6.45) is 1.29. The summed E-state index contributed by atoms with van der Waals surface area (Å²) in [6, 6.07) is 15.2. The van der Waals surface area contributed by atoms with Crippen LogP contribution in [0.5, 0.6) is 5.75 Å². The van der Waals surface area contributed by atoms with Crippen LogP contribution in [0.2, 0.25) is 0 Å². The molecule has 2 aliphatic rings. The van der Waals surface area contributed by atoms with Gasteiger partial charge in [0.2, 0.25) is 0 Å². The number of rotatable bonds is 3. The molecule has 0 radical (unpaired) electrons. The van der Waals surface area contributed by atoms with Gasteiger partial charge in [0.1, 0.15) is 5.75 Å². The third kappa shape index (κ3) is 3.70. The molecular weight excluding hydrogens is 410 g/mol. The second-order valence-corrected chi connectivity index (χ2v) is 7.56. The maximum Gasteiger partial charge on any atom is 0.253 e. The second-order valence-electron chi connectivity index (χ2n) is 6.65. The molecule has 27 heavy (non-hydrogen) atoms. The summed E-state index contributed by atoms with van der Waals surface area (Å²) in [5, 5.41) is 0. The maximum atomic E-state index is 12.8. The van der Waals surface area contributed by atoms with Crippen molar-refractivity contribution in [2.24, 2.45) is 4.99 Å². The summed E-state index contributed by atoms with van der Waals surface area (Å²) < 4.78 is 6.20. The summed E-state index contributed by atoms with van der Waals surface area (Å²) in [5.41, 5.74) is 3.95. The van der Waals surface area contributed by atoms with Crippen molar-refractivity contribution in [1.29, 1.82) is 0 Å². The first-order valence-corrected chi connectivity index (χ1v) is 9.61. The normalized spacial score (nSPS) is 18.1. The van der Waals surface area contributed by atoms with Crippen LogP contribution in [0.15, 0.2) is 58.0 Å². The lowest BCUT2D eigenvalue weighted by atomic mass is 10.00. The molecule has 7 heteroatoms. The third-order valence-electron chi connectivity index (χ3n) is 4.90. The average Bonchev–Trinajstić information content (AvgIpc) is 3.12. The highest BCUT2D eigenvalue weighted by molar-refractivity contribution is 9.10. The molecule has 0 unspecified atom stereocenters. The summed E-state index contributed by atoms with van der Waals surface area (Å²) in [7, 11) is 1.60. The van der Waals surface area contributed by atoms with Gasteiger partial charge in [-0.1, -0.05) is 34.1 Å². The maximum absolute atomic E-state index is 12.8. The Morgan fingerprint density at radius 3 is 2.74 bits per heavy atom. The van der Waals surface area contributed by atoms with Crippen molar-refractivity contribution >= 4 is 27.7 Å². The molecule has 0 aliphatic carbocycles. The third-order valence-corrected chi connectivity index (χ3v) is 5.39. The van der Waals surface area contributed by atoms with Crippen molar-refractivity contribution in [3.05, 3.63) is 64.1 Å². The quantitative estimate of drug-likeness (QED) is 0.811. The molecule has 0 atom stereocenters. The first kappa shape index (κ1) is 18.0. The lowest BCUT2D eigenvalue weighted by Crippen LogP contribution is -2.46. The number of benzene rings is 2. The second kappa shape index (κ2) is 7.32. The van der Waals surface area contributed by atoms with Gasteiger partial charge in [-0.05, 0) is 30.3 Å². The van der Waals surface area contributed by atoms with Crippen LogP contribution in [0.3, 0.4) is 0 Å². The topological polar surface area (TPSA) is 63.2 Å². The van der Waals surface area contributed by atoms with Gasteiger partial charge >= 0.3 is 0 Å². The van der Waals surface area contributed by atoms with Crippen molar-refractivity contribution in [1.82, 2.24) is 10.4 Å². The standard InChI is InChI=1S/C20H20BrN3O3/c1-26-17-7-3-5-15(13-17)19(25)24-10-8-20(9-11-24)22-18(23-27-20)14-4-2-6-16(21)12-14/h2-7,12-13H,8-11H2,1H3,(H,22,23). The minimum Gasteiger partial charge on any atom is -0.497 e. The Morgan fingerprint density at radius 1 is 1.22 bits per heavy atom. The van der Waals surface area contributed by atoms with Crippen molar-refractivity contribution in [3.63, 3.8) is 0 Å². The number of ether oxygens (including phenoxy) is 1. The molecule has 1 fully saturated rings. The van der Waals surface area contributed by atoms with Crippen LogP contribution in [0.4, 0.5) is 0 Å². The van der Waals surface area contributed by atoms with Gasteiger partial charge in [0.05, 0.1) is 7.11 Å². The Kier molecular flexibility index (Phi) is 4.88. The van der Waals surface area contributed by atoms with Crippen LogP contribution in [-0.4, -0.2) is 42.6 Å². The lowest BCUT2D eigenvalue weighted by molar-refractivity contribution is -0.0849. The number of hydrogen-bond donors (Lipinski definition) is 1. The molecule has 0 saturated carbocycles. The predicted octanol–water partition coefficient (Wildman–Crippen LogP) is 3.37. The molecule has 1 N–H and O–H groups in total. The number of nitrogens with zero attached hydrogens (tertiary/aromatic N) is 2. The highest BCUT2D eigenvalue weighted by Crippen LogP contribution is 2.32. The zero-order valence-electron chi connectivity index (χ0n) is 14.9. The SMILES string of the molecule is COc1cccc(C(=O)N2CCC3(CC2)N=C(c2cccc(Br)c2)NO3)c1. The highest BCUT2D eigenvalue weighted by Gasteiger charge is 2.41. The summed E-state index contributed by atoms with van der Waals surface area (Å²) in [5.74, 6) is 1.41. The molecule has 0 aromatic heterocycles. The fraction of sp³-hybridized carbons (Fsp3) is 0.300. The first-order chi connectivity index (χ1) is 13.1. The van der Waals surface area contributed by atoms with E-state index in [-0.39, 0.29) is 5.91 Å². The first-order valence-electron chi connectivity index (χ1n) is 8.82. The minimum atomic E-state index is -0.608. The Morgan fingerprint density at radius 2 is 2.00 bits per heavy atom. The van der Waals surface area contributed by atoms with Crippen LogP contribution in [0.25, 0.3) is 0 Å². The smallest absolute Gasteiger partial charge is 0.253 e. The average molecular weight is 430 g/mol. The Balaban J connectivity index is 1.45. The van der Waals surface area contributed by atoms with Crippen LogP contribution >= 0.6 is 15.9 Å². The number of carbonyl (C=O) groups excluding carboxylic acids is 1. The van der Waals surface area contributed by atoms with E-state index in [1.807, 2.05) is 47.4 Å². The van der Waals surface area contributed by atoms with E-state index in [2.05, 4.69) is 21.4 Å². The predicted molar refractivity (Wildman–Crippen MR) is 106 cm³/mol. The molecular formula is C20H20BrN3O3. The number of likely N-dealkylation sites (tertiary alicyclic amines) is 1. The van der Waals surface area contributed by atoms with E-state index in [1.165, 1.54) is 0 Å². The van der Waals surface area contributed by atoms with E-state index in [9.17, 15) is 4.79 Å². The molecule has 2 aromatic rings. The molecule has 6 nitrogen and oxygen atoms in total. The zero-order valence-corrected chi connectivity index (χ0v) is 16.5. The Labute approximate surface area is 166 Å². The number of piperidine rings is 1. The van der Waals surface area contributed by atoms with Crippen LogP contribution in [-0.2, 0) is 4.84 Å². The molecule has 2 aromatic carbocycles. The molecule has 140 valence electrons. The molecule has 2 aliphatic heterocycles. The largest absolute Gasteiger partial charge is 0.497 e. The van der Waals surface area contributed by atoms with Crippen LogP contribution in [0.1, 0.15) is 28.8 Å². The van der Waals surface area contributed by atoms with E-state index in [4.69, 9.17) is 14.6 Å². The number of carbonyl (C=O) groups is 1. The molecule has 4 rings (SSSR count). The molecule has 0 bridgehead atoms. The number of hydrogen-bond acceptors (Lipinski definition) is 5. The van der Waals surface area contributed by atoms with Gasteiger partial charge in [-0.25, -0.2) is 15.3 Å². The molecule has 2 heterocycles.